The summed E-state index contributed by atoms with van der Waals surface area (Å²) in [5, 5.41) is 7.46. The lowest BCUT2D eigenvalue weighted by atomic mass is 10.0. The molecule has 4 rings (SSSR count). The fourth-order valence-corrected chi connectivity index (χ4v) is 3.75. The van der Waals surface area contributed by atoms with Gasteiger partial charge in [-0.15, -0.1) is 0 Å². The zero-order valence-corrected chi connectivity index (χ0v) is 17.2. The Labute approximate surface area is 169 Å². The van der Waals surface area contributed by atoms with Crippen molar-refractivity contribution in [3.05, 3.63) is 47.5 Å². The number of aromatic nitrogens is 4. The largest absolute Gasteiger partial charge is 0.493 e. The minimum Gasteiger partial charge on any atom is -0.493 e. The number of anilines is 1. The van der Waals surface area contributed by atoms with Crippen LogP contribution in [0.5, 0.6) is 5.75 Å². The monoisotopic (exact) mass is 394 g/mol. The third-order valence-electron chi connectivity index (χ3n) is 4.96. The van der Waals surface area contributed by atoms with Gasteiger partial charge < -0.3 is 19.9 Å². The number of H-pyrrole nitrogens is 1. The highest BCUT2D eigenvalue weighted by molar-refractivity contribution is 6.00. The van der Waals surface area contributed by atoms with Crippen LogP contribution in [0.1, 0.15) is 48.2 Å². The van der Waals surface area contributed by atoms with Crippen molar-refractivity contribution in [3.8, 4) is 17.1 Å². The summed E-state index contributed by atoms with van der Waals surface area (Å²) in [7, 11) is 1.83. The molecule has 1 aliphatic rings. The minimum atomic E-state index is -0.350. The van der Waals surface area contributed by atoms with Crippen LogP contribution in [0.15, 0.2) is 30.6 Å². The van der Waals surface area contributed by atoms with E-state index in [0.717, 1.165) is 47.0 Å². The lowest BCUT2D eigenvalue weighted by Gasteiger charge is -2.37. The van der Waals surface area contributed by atoms with E-state index in [1.54, 1.807) is 10.9 Å². The second-order valence-corrected chi connectivity index (χ2v) is 7.21. The van der Waals surface area contributed by atoms with Gasteiger partial charge >= 0.3 is 0 Å². The number of carbonyl (C=O) groups excluding carboxylic acids is 1. The van der Waals surface area contributed by atoms with Gasteiger partial charge in [0.2, 0.25) is 0 Å². The second kappa shape index (κ2) is 7.62. The molecule has 8 heteroatoms. The van der Waals surface area contributed by atoms with Crippen molar-refractivity contribution in [2.45, 2.75) is 33.4 Å². The highest BCUT2D eigenvalue weighted by atomic mass is 16.5. The first-order valence-corrected chi connectivity index (χ1v) is 9.91. The van der Waals surface area contributed by atoms with Crippen molar-refractivity contribution in [2.75, 3.05) is 18.1 Å². The third kappa shape index (κ3) is 3.46. The average molecular weight is 394 g/mol. The van der Waals surface area contributed by atoms with Crippen LogP contribution in [0.2, 0.25) is 0 Å². The second-order valence-electron chi connectivity index (χ2n) is 7.21. The molecule has 8 nitrogen and oxygen atoms in total. The van der Waals surface area contributed by atoms with Gasteiger partial charge in [-0.25, -0.2) is 4.98 Å². The van der Waals surface area contributed by atoms with Crippen LogP contribution in [-0.2, 0) is 7.05 Å². The number of hydrogen-bond acceptors (Lipinski definition) is 5. The van der Waals surface area contributed by atoms with E-state index in [9.17, 15) is 4.79 Å². The van der Waals surface area contributed by atoms with Gasteiger partial charge in [0, 0.05) is 42.8 Å². The van der Waals surface area contributed by atoms with Gasteiger partial charge in [0.25, 0.3) is 5.91 Å². The van der Waals surface area contributed by atoms with E-state index < -0.39 is 0 Å². The molecule has 0 spiro atoms. The van der Waals surface area contributed by atoms with Gasteiger partial charge in [-0.2, -0.15) is 5.10 Å². The van der Waals surface area contributed by atoms with E-state index in [-0.39, 0.29) is 12.1 Å². The first-order chi connectivity index (χ1) is 14.0. The number of rotatable bonds is 6. The topological polar surface area (TPSA) is 88.1 Å². The van der Waals surface area contributed by atoms with Gasteiger partial charge in [-0.3, -0.25) is 9.48 Å². The molecular formula is C21H26N6O2. The van der Waals surface area contributed by atoms with Gasteiger partial charge in [0.05, 0.1) is 12.3 Å². The fourth-order valence-electron chi connectivity index (χ4n) is 3.75. The molecule has 0 fully saturated rings. The van der Waals surface area contributed by atoms with E-state index in [0.29, 0.717) is 12.3 Å². The van der Waals surface area contributed by atoms with Crippen molar-refractivity contribution in [2.24, 2.45) is 7.05 Å². The number of imidazole rings is 1. The average Bonchev–Trinajstić information content (AvgIpc) is 3.30. The molecular weight excluding hydrogens is 368 g/mol. The lowest BCUT2D eigenvalue weighted by molar-refractivity contribution is 0.0920. The SMILES string of the molecule is CCCN1c2cn(C)nc2C(=O)NC1c1cc(-c2ncc(C)[nH]2)ccc1OCC. The van der Waals surface area contributed by atoms with E-state index in [1.165, 1.54) is 0 Å². The zero-order valence-electron chi connectivity index (χ0n) is 17.2. The van der Waals surface area contributed by atoms with Crippen LogP contribution in [0, 0.1) is 6.92 Å². The summed E-state index contributed by atoms with van der Waals surface area (Å²) in [6.07, 6.45) is 4.29. The summed E-state index contributed by atoms with van der Waals surface area (Å²) >= 11 is 0. The maximum Gasteiger partial charge on any atom is 0.275 e. The predicted octanol–water partition coefficient (Wildman–Crippen LogP) is 3.18. The van der Waals surface area contributed by atoms with Crippen molar-refractivity contribution in [3.63, 3.8) is 0 Å². The van der Waals surface area contributed by atoms with Crippen molar-refractivity contribution in [1.29, 1.82) is 0 Å². The van der Waals surface area contributed by atoms with Gasteiger partial charge in [-0.05, 0) is 38.5 Å². The molecule has 1 amide bonds. The lowest BCUT2D eigenvalue weighted by Crippen LogP contribution is -2.46. The summed E-state index contributed by atoms with van der Waals surface area (Å²) in [6.45, 7) is 7.36. The summed E-state index contributed by atoms with van der Waals surface area (Å²) in [5.74, 6) is 1.36. The Bertz CT molecular complexity index is 1040. The van der Waals surface area contributed by atoms with Crippen LogP contribution in [0.4, 0.5) is 5.69 Å². The first-order valence-electron chi connectivity index (χ1n) is 9.91. The quantitative estimate of drug-likeness (QED) is 0.670. The molecule has 2 N–H and O–H groups in total. The highest BCUT2D eigenvalue weighted by Crippen LogP contribution is 2.38. The summed E-state index contributed by atoms with van der Waals surface area (Å²) in [4.78, 5) is 22.7. The number of hydrogen-bond donors (Lipinski definition) is 2. The molecule has 0 radical (unpaired) electrons. The molecule has 0 saturated heterocycles. The Morgan fingerprint density at radius 1 is 1.28 bits per heavy atom. The smallest absolute Gasteiger partial charge is 0.275 e. The van der Waals surface area contributed by atoms with Crippen molar-refractivity contribution < 1.29 is 9.53 Å². The minimum absolute atomic E-state index is 0.181. The number of aromatic amines is 1. The van der Waals surface area contributed by atoms with E-state index in [2.05, 4.69) is 32.2 Å². The predicted molar refractivity (Wildman–Crippen MR) is 111 cm³/mol. The molecule has 1 aromatic carbocycles. The molecule has 1 atom stereocenters. The molecule has 0 aliphatic carbocycles. The van der Waals surface area contributed by atoms with Crippen LogP contribution in [0.3, 0.4) is 0 Å². The number of nitrogens with zero attached hydrogens (tertiary/aromatic N) is 4. The Hall–Kier alpha value is -3.29. The van der Waals surface area contributed by atoms with Gasteiger partial charge in [0.1, 0.15) is 17.7 Å². The van der Waals surface area contributed by atoms with E-state index >= 15 is 0 Å². The molecule has 1 aliphatic heterocycles. The standard InChI is InChI=1S/C21H26N6O2/c1-5-9-27-16-12-26(4)25-18(16)21(28)24-20(27)15-10-14(7-8-17(15)29-6-2)19-22-11-13(3)23-19/h7-8,10-12,20H,5-6,9H2,1-4H3,(H,22,23)(H,24,28). The molecule has 3 aromatic rings. The molecule has 0 saturated carbocycles. The Morgan fingerprint density at radius 2 is 2.10 bits per heavy atom. The Kier molecular flexibility index (Phi) is 5.00. The maximum absolute atomic E-state index is 12.8. The van der Waals surface area contributed by atoms with E-state index in [1.807, 2.05) is 45.3 Å². The number of ether oxygens (including phenoxy) is 1. The molecule has 3 heterocycles. The highest BCUT2D eigenvalue weighted by Gasteiger charge is 2.35. The number of nitrogens with one attached hydrogen (secondary N) is 2. The summed E-state index contributed by atoms with van der Waals surface area (Å²) in [5.41, 5.74) is 4.13. The van der Waals surface area contributed by atoms with E-state index in [4.69, 9.17) is 4.74 Å². The zero-order chi connectivity index (χ0) is 20.5. The number of aryl methyl sites for hydroxylation is 2. The third-order valence-corrected chi connectivity index (χ3v) is 4.96. The number of benzene rings is 1. The Morgan fingerprint density at radius 3 is 2.79 bits per heavy atom. The first kappa shape index (κ1) is 19.0. The van der Waals surface area contributed by atoms with Gasteiger partial charge in [0.15, 0.2) is 5.69 Å². The molecule has 0 bridgehead atoms. The van der Waals surface area contributed by atoms with Crippen LogP contribution < -0.4 is 15.0 Å². The number of fused-ring (bicyclic) bond motifs is 1. The molecule has 1 unspecified atom stereocenters. The number of carbonyl (C=O) groups is 1. The normalized spacial score (nSPS) is 15.9. The Balaban J connectivity index is 1.83. The maximum atomic E-state index is 12.8. The summed E-state index contributed by atoms with van der Waals surface area (Å²) in [6, 6.07) is 5.97. The molecule has 152 valence electrons. The summed E-state index contributed by atoms with van der Waals surface area (Å²) < 4.78 is 7.59. The van der Waals surface area contributed by atoms with Crippen molar-refractivity contribution in [1.82, 2.24) is 25.1 Å². The number of amides is 1. The van der Waals surface area contributed by atoms with Crippen LogP contribution in [0.25, 0.3) is 11.4 Å². The van der Waals surface area contributed by atoms with Crippen molar-refractivity contribution >= 4 is 11.6 Å². The van der Waals surface area contributed by atoms with Crippen LogP contribution in [-0.4, -0.2) is 38.8 Å². The molecule has 29 heavy (non-hydrogen) atoms. The van der Waals surface area contributed by atoms with Gasteiger partial charge in [-0.1, -0.05) is 6.92 Å². The molecule has 2 aromatic heterocycles. The van der Waals surface area contributed by atoms with Crippen LogP contribution >= 0.6 is 0 Å². The fraction of sp³-hybridized carbons (Fsp3) is 0.381.